The Balaban J connectivity index is 1.20. The fraction of sp³-hybridized carbons (Fsp3) is 0.0222. The first-order chi connectivity index (χ1) is 23.2. The predicted octanol–water partition coefficient (Wildman–Crippen LogP) is 12.9. The fourth-order valence-electron chi connectivity index (χ4n) is 6.40. The molecule has 0 N–H and O–H groups in total. The smallest absolute Gasteiger partial charge is 0.0468 e. The van der Waals surface area contributed by atoms with Gasteiger partial charge < -0.3 is 9.80 Å². The second kappa shape index (κ2) is 12.3. The van der Waals surface area contributed by atoms with Crippen molar-refractivity contribution in [3.05, 3.63) is 194 Å². The molecular formula is C45H34N2. The Bertz CT molecular complexity index is 2210. The lowest BCUT2D eigenvalue weighted by molar-refractivity contribution is 1.26. The molecule has 224 valence electrons. The zero-order chi connectivity index (χ0) is 31.6. The first-order valence-electron chi connectivity index (χ1n) is 16.1. The maximum absolute atomic E-state index is 2.35. The quantitative estimate of drug-likeness (QED) is 0.179. The first-order valence-corrected chi connectivity index (χ1v) is 16.1. The number of nitrogens with zero attached hydrogens (tertiary/aromatic N) is 2. The van der Waals surface area contributed by atoms with Crippen LogP contribution in [-0.2, 0) is 0 Å². The Labute approximate surface area is 276 Å². The summed E-state index contributed by atoms with van der Waals surface area (Å²) in [6, 6.07) is 67.6. The van der Waals surface area contributed by atoms with Crippen molar-refractivity contribution in [1.29, 1.82) is 0 Å². The van der Waals surface area contributed by atoms with Gasteiger partial charge in [0.2, 0.25) is 0 Å². The standard InChI is InChI=1S/C45H34N2/c1-33-15-17-36(18-16-33)37-19-23-41(24-20-37)46(40-13-3-2-4-14-40)42-27-29-43(30-28-42)47(44-25-21-34-9-5-7-11-38(34)31-44)45-26-22-35-10-6-8-12-39(35)32-45/h2-32H,1H3. The summed E-state index contributed by atoms with van der Waals surface area (Å²) in [5, 5.41) is 4.91. The van der Waals surface area contributed by atoms with Gasteiger partial charge in [0.05, 0.1) is 0 Å². The van der Waals surface area contributed by atoms with Crippen molar-refractivity contribution >= 4 is 55.7 Å². The highest BCUT2D eigenvalue weighted by molar-refractivity contribution is 5.93. The van der Waals surface area contributed by atoms with Crippen LogP contribution in [0.4, 0.5) is 34.1 Å². The molecule has 2 heteroatoms. The van der Waals surface area contributed by atoms with Crippen LogP contribution in [0, 0.1) is 6.92 Å². The zero-order valence-electron chi connectivity index (χ0n) is 26.3. The summed E-state index contributed by atoms with van der Waals surface area (Å²) >= 11 is 0. The van der Waals surface area contributed by atoms with Crippen LogP contribution in [0.15, 0.2) is 188 Å². The lowest BCUT2D eigenvalue weighted by Crippen LogP contribution is -2.12. The Morgan fingerprint density at radius 1 is 0.277 bits per heavy atom. The van der Waals surface area contributed by atoms with Gasteiger partial charge in [-0.3, -0.25) is 0 Å². The highest BCUT2D eigenvalue weighted by atomic mass is 15.2. The average molecular weight is 603 g/mol. The van der Waals surface area contributed by atoms with Crippen molar-refractivity contribution < 1.29 is 0 Å². The van der Waals surface area contributed by atoms with E-state index in [4.69, 9.17) is 0 Å². The van der Waals surface area contributed by atoms with Gasteiger partial charge in [0.15, 0.2) is 0 Å². The van der Waals surface area contributed by atoms with Gasteiger partial charge in [-0.05, 0) is 112 Å². The number of aryl methyl sites for hydroxylation is 1. The van der Waals surface area contributed by atoms with E-state index >= 15 is 0 Å². The molecule has 0 amide bonds. The van der Waals surface area contributed by atoms with Crippen molar-refractivity contribution in [3.63, 3.8) is 0 Å². The SMILES string of the molecule is Cc1ccc(-c2ccc(N(c3ccccc3)c3ccc(N(c4ccc5ccccc5c4)c4ccc5ccccc5c4)cc3)cc2)cc1. The minimum atomic E-state index is 1.10. The van der Waals surface area contributed by atoms with E-state index in [9.17, 15) is 0 Å². The molecule has 0 saturated heterocycles. The van der Waals surface area contributed by atoms with Crippen molar-refractivity contribution in [2.45, 2.75) is 6.92 Å². The number of rotatable bonds is 7. The number of hydrogen-bond donors (Lipinski definition) is 0. The maximum Gasteiger partial charge on any atom is 0.0468 e. The third kappa shape index (κ3) is 5.74. The normalized spacial score (nSPS) is 11.1. The van der Waals surface area contributed by atoms with Crippen molar-refractivity contribution in [2.75, 3.05) is 9.80 Å². The molecule has 2 nitrogen and oxygen atoms in total. The monoisotopic (exact) mass is 602 g/mol. The van der Waals surface area contributed by atoms with Gasteiger partial charge in [-0.1, -0.05) is 121 Å². The minimum absolute atomic E-state index is 1.10. The molecule has 0 aliphatic rings. The van der Waals surface area contributed by atoms with Crippen LogP contribution in [0.1, 0.15) is 5.56 Å². The third-order valence-corrected chi connectivity index (χ3v) is 8.87. The summed E-state index contributed by atoms with van der Waals surface area (Å²) in [7, 11) is 0. The minimum Gasteiger partial charge on any atom is -0.311 e. The second-order valence-corrected chi connectivity index (χ2v) is 12.0. The molecule has 0 saturated carbocycles. The number of benzene rings is 8. The van der Waals surface area contributed by atoms with E-state index in [1.165, 1.54) is 38.2 Å². The molecule has 8 rings (SSSR count). The van der Waals surface area contributed by atoms with Crippen LogP contribution < -0.4 is 9.80 Å². The van der Waals surface area contributed by atoms with Crippen LogP contribution in [0.3, 0.4) is 0 Å². The summed E-state index contributed by atoms with van der Waals surface area (Å²) in [5.74, 6) is 0. The third-order valence-electron chi connectivity index (χ3n) is 8.87. The van der Waals surface area contributed by atoms with Crippen LogP contribution in [0.2, 0.25) is 0 Å². The van der Waals surface area contributed by atoms with E-state index in [1.807, 2.05) is 0 Å². The Morgan fingerprint density at radius 3 is 1.11 bits per heavy atom. The topological polar surface area (TPSA) is 6.48 Å². The Morgan fingerprint density at radius 2 is 0.617 bits per heavy atom. The highest BCUT2D eigenvalue weighted by Gasteiger charge is 2.17. The number of anilines is 6. The molecule has 0 aliphatic carbocycles. The molecule has 8 aromatic rings. The molecule has 0 radical (unpaired) electrons. The van der Waals surface area contributed by atoms with Gasteiger partial charge in [0.25, 0.3) is 0 Å². The fourth-order valence-corrected chi connectivity index (χ4v) is 6.40. The van der Waals surface area contributed by atoms with E-state index in [0.717, 1.165) is 34.1 Å². The predicted molar refractivity (Wildman–Crippen MR) is 201 cm³/mol. The van der Waals surface area contributed by atoms with Crippen molar-refractivity contribution in [3.8, 4) is 11.1 Å². The molecule has 0 aliphatic heterocycles. The van der Waals surface area contributed by atoms with Crippen molar-refractivity contribution in [1.82, 2.24) is 0 Å². The summed E-state index contributed by atoms with van der Waals surface area (Å²) in [6.07, 6.45) is 0. The van der Waals surface area contributed by atoms with Gasteiger partial charge >= 0.3 is 0 Å². The van der Waals surface area contributed by atoms with E-state index in [-0.39, 0.29) is 0 Å². The van der Waals surface area contributed by atoms with Crippen LogP contribution >= 0.6 is 0 Å². The molecular weight excluding hydrogens is 569 g/mol. The molecule has 0 unspecified atom stereocenters. The molecule has 47 heavy (non-hydrogen) atoms. The lowest BCUT2D eigenvalue weighted by atomic mass is 10.0. The van der Waals surface area contributed by atoms with Crippen LogP contribution in [0.5, 0.6) is 0 Å². The largest absolute Gasteiger partial charge is 0.311 e. The molecule has 0 spiro atoms. The van der Waals surface area contributed by atoms with Crippen LogP contribution in [0.25, 0.3) is 32.7 Å². The molecule has 0 atom stereocenters. The highest BCUT2D eigenvalue weighted by Crippen LogP contribution is 2.40. The van der Waals surface area contributed by atoms with Gasteiger partial charge in [0.1, 0.15) is 0 Å². The van der Waals surface area contributed by atoms with Gasteiger partial charge in [-0.2, -0.15) is 0 Å². The Hall–Kier alpha value is -6.12. The number of hydrogen-bond acceptors (Lipinski definition) is 2. The molecule has 0 fully saturated rings. The molecule has 0 heterocycles. The average Bonchev–Trinajstić information content (AvgIpc) is 3.13. The van der Waals surface area contributed by atoms with E-state index in [2.05, 4.69) is 205 Å². The van der Waals surface area contributed by atoms with Crippen LogP contribution in [-0.4, -0.2) is 0 Å². The van der Waals surface area contributed by atoms with E-state index in [0.29, 0.717) is 0 Å². The molecule has 0 aromatic heterocycles. The maximum atomic E-state index is 2.35. The number of fused-ring (bicyclic) bond motifs is 2. The van der Waals surface area contributed by atoms with Gasteiger partial charge in [-0.25, -0.2) is 0 Å². The summed E-state index contributed by atoms with van der Waals surface area (Å²) in [4.78, 5) is 4.67. The summed E-state index contributed by atoms with van der Waals surface area (Å²) in [5.41, 5.74) is 10.4. The first kappa shape index (κ1) is 28.4. The number of para-hydroxylation sites is 1. The molecule has 8 aromatic carbocycles. The van der Waals surface area contributed by atoms with E-state index in [1.54, 1.807) is 0 Å². The lowest BCUT2D eigenvalue weighted by Gasteiger charge is -2.28. The van der Waals surface area contributed by atoms with Crippen molar-refractivity contribution in [2.24, 2.45) is 0 Å². The summed E-state index contributed by atoms with van der Waals surface area (Å²) in [6.45, 7) is 2.12. The zero-order valence-corrected chi connectivity index (χ0v) is 26.3. The van der Waals surface area contributed by atoms with E-state index < -0.39 is 0 Å². The van der Waals surface area contributed by atoms with Gasteiger partial charge in [0, 0.05) is 34.1 Å². The summed E-state index contributed by atoms with van der Waals surface area (Å²) < 4.78 is 0. The second-order valence-electron chi connectivity index (χ2n) is 12.0. The Kier molecular flexibility index (Phi) is 7.45. The molecule has 0 bridgehead atoms. The van der Waals surface area contributed by atoms with Gasteiger partial charge in [-0.15, -0.1) is 0 Å².